The summed E-state index contributed by atoms with van der Waals surface area (Å²) in [7, 11) is 1.90. The lowest BCUT2D eigenvalue weighted by molar-refractivity contribution is -0.125. The van der Waals surface area contributed by atoms with Gasteiger partial charge in [-0.05, 0) is 44.0 Å². The van der Waals surface area contributed by atoms with Gasteiger partial charge >= 0.3 is 0 Å². The zero-order chi connectivity index (χ0) is 17.1. The van der Waals surface area contributed by atoms with Crippen LogP contribution >= 0.6 is 0 Å². The number of rotatable bonds is 5. The highest BCUT2D eigenvalue weighted by molar-refractivity contribution is 6.03. The standard InChI is InChI=1S/C18H23N3O3/c1-19-11-15-3-2-8-21(15)18(24)13-6-4-12(5-7-13)9-14-10-16(22)20-17(14)23/h4-7,14-15,19H,2-3,8-11H2,1H3,(H,20,22,23). The van der Waals surface area contributed by atoms with Crippen LogP contribution in [0.3, 0.4) is 0 Å². The number of likely N-dealkylation sites (N-methyl/N-ethyl adjacent to an activating group) is 1. The predicted molar refractivity (Wildman–Crippen MR) is 89.4 cm³/mol. The molecule has 1 aromatic rings. The van der Waals surface area contributed by atoms with Crippen molar-refractivity contribution >= 4 is 17.7 Å². The van der Waals surface area contributed by atoms with Crippen LogP contribution in [-0.2, 0) is 16.0 Å². The van der Waals surface area contributed by atoms with E-state index < -0.39 is 0 Å². The molecule has 0 saturated carbocycles. The van der Waals surface area contributed by atoms with E-state index in [0.29, 0.717) is 12.0 Å². The molecule has 0 bridgehead atoms. The molecule has 2 aliphatic heterocycles. The highest BCUT2D eigenvalue weighted by atomic mass is 16.2. The molecule has 2 unspecified atom stereocenters. The van der Waals surface area contributed by atoms with Crippen LogP contribution in [0.15, 0.2) is 24.3 Å². The number of imide groups is 1. The number of amides is 3. The third-order valence-corrected chi connectivity index (χ3v) is 4.83. The first-order valence-electron chi connectivity index (χ1n) is 8.46. The third kappa shape index (κ3) is 3.48. The van der Waals surface area contributed by atoms with Crippen molar-refractivity contribution in [3.05, 3.63) is 35.4 Å². The van der Waals surface area contributed by atoms with Crippen LogP contribution in [0.1, 0.15) is 35.2 Å². The molecule has 0 aliphatic carbocycles. The number of carbonyl (C=O) groups is 3. The smallest absolute Gasteiger partial charge is 0.254 e. The number of benzene rings is 1. The molecular formula is C18H23N3O3. The Bertz CT molecular complexity index is 641. The van der Waals surface area contributed by atoms with Crippen LogP contribution in [0.5, 0.6) is 0 Å². The molecule has 0 aromatic heterocycles. The molecule has 24 heavy (non-hydrogen) atoms. The summed E-state index contributed by atoms with van der Waals surface area (Å²) in [6, 6.07) is 7.66. The molecule has 0 radical (unpaired) electrons. The van der Waals surface area contributed by atoms with Gasteiger partial charge in [-0.25, -0.2) is 0 Å². The van der Waals surface area contributed by atoms with Gasteiger partial charge in [-0.3, -0.25) is 19.7 Å². The van der Waals surface area contributed by atoms with Crippen LogP contribution in [0.2, 0.25) is 0 Å². The van der Waals surface area contributed by atoms with E-state index in [1.807, 2.05) is 36.2 Å². The molecule has 6 nitrogen and oxygen atoms in total. The first-order valence-corrected chi connectivity index (χ1v) is 8.46. The second-order valence-corrected chi connectivity index (χ2v) is 6.57. The number of hydrogen-bond donors (Lipinski definition) is 2. The Labute approximate surface area is 141 Å². The third-order valence-electron chi connectivity index (χ3n) is 4.83. The number of nitrogens with zero attached hydrogens (tertiary/aromatic N) is 1. The maximum atomic E-state index is 12.7. The summed E-state index contributed by atoms with van der Waals surface area (Å²) in [6.07, 6.45) is 2.85. The Morgan fingerprint density at radius 1 is 1.29 bits per heavy atom. The maximum Gasteiger partial charge on any atom is 0.254 e. The highest BCUT2D eigenvalue weighted by Gasteiger charge is 2.31. The van der Waals surface area contributed by atoms with Gasteiger partial charge in [0, 0.05) is 31.1 Å². The van der Waals surface area contributed by atoms with Crippen LogP contribution in [-0.4, -0.2) is 48.8 Å². The van der Waals surface area contributed by atoms with Crippen molar-refractivity contribution in [3.8, 4) is 0 Å². The minimum atomic E-state index is -0.294. The zero-order valence-corrected chi connectivity index (χ0v) is 13.9. The molecular weight excluding hydrogens is 306 g/mol. The number of likely N-dealkylation sites (tertiary alicyclic amines) is 1. The van der Waals surface area contributed by atoms with Gasteiger partial charge in [-0.1, -0.05) is 12.1 Å². The number of carbonyl (C=O) groups excluding carboxylic acids is 3. The van der Waals surface area contributed by atoms with Gasteiger partial charge in [0.1, 0.15) is 0 Å². The Morgan fingerprint density at radius 2 is 2.04 bits per heavy atom. The molecule has 0 spiro atoms. The van der Waals surface area contributed by atoms with Crippen LogP contribution in [0.25, 0.3) is 0 Å². The molecule has 2 fully saturated rings. The first-order chi connectivity index (χ1) is 11.6. The summed E-state index contributed by atoms with van der Waals surface area (Å²) in [5.74, 6) is -0.640. The fourth-order valence-corrected chi connectivity index (χ4v) is 3.56. The molecule has 1 aromatic carbocycles. The Balaban J connectivity index is 1.65. The lowest BCUT2D eigenvalue weighted by atomic mass is 9.97. The lowest BCUT2D eigenvalue weighted by Crippen LogP contribution is -2.40. The second kappa shape index (κ2) is 7.13. The summed E-state index contributed by atoms with van der Waals surface area (Å²) >= 11 is 0. The van der Waals surface area contributed by atoms with Gasteiger partial charge in [0.05, 0.1) is 5.92 Å². The molecule has 2 atom stereocenters. The van der Waals surface area contributed by atoms with Crippen LogP contribution in [0.4, 0.5) is 0 Å². The first kappa shape index (κ1) is 16.6. The summed E-state index contributed by atoms with van der Waals surface area (Å²) in [4.78, 5) is 37.5. The molecule has 3 rings (SSSR count). The molecule has 2 aliphatic rings. The quantitative estimate of drug-likeness (QED) is 0.780. The van der Waals surface area contributed by atoms with Gasteiger partial charge in [0.15, 0.2) is 0 Å². The fraction of sp³-hybridized carbons (Fsp3) is 0.500. The SMILES string of the molecule is CNCC1CCCN1C(=O)c1ccc(CC2CC(=O)NC2=O)cc1. The molecule has 6 heteroatoms. The zero-order valence-electron chi connectivity index (χ0n) is 13.9. The van der Waals surface area contributed by atoms with Crippen molar-refractivity contribution in [1.82, 2.24) is 15.5 Å². The number of nitrogens with one attached hydrogen (secondary N) is 2. The monoisotopic (exact) mass is 329 g/mol. The molecule has 3 amide bonds. The molecule has 128 valence electrons. The molecule has 2 N–H and O–H groups in total. The normalized spacial score (nSPS) is 23.6. The van der Waals surface area contributed by atoms with Gasteiger partial charge < -0.3 is 10.2 Å². The van der Waals surface area contributed by atoms with Crippen molar-refractivity contribution < 1.29 is 14.4 Å². The van der Waals surface area contributed by atoms with E-state index >= 15 is 0 Å². The molecule has 2 heterocycles. The second-order valence-electron chi connectivity index (χ2n) is 6.57. The van der Waals surface area contributed by atoms with E-state index in [0.717, 1.165) is 31.5 Å². The lowest BCUT2D eigenvalue weighted by Gasteiger charge is -2.24. The van der Waals surface area contributed by atoms with Crippen molar-refractivity contribution in [2.75, 3.05) is 20.1 Å². The van der Waals surface area contributed by atoms with Crippen molar-refractivity contribution in [2.24, 2.45) is 5.92 Å². The van der Waals surface area contributed by atoms with Crippen LogP contribution in [0, 0.1) is 5.92 Å². The molecule has 2 saturated heterocycles. The maximum absolute atomic E-state index is 12.7. The van der Waals surface area contributed by atoms with E-state index in [4.69, 9.17) is 0 Å². The largest absolute Gasteiger partial charge is 0.334 e. The van der Waals surface area contributed by atoms with Gasteiger partial charge in [0.25, 0.3) is 5.91 Å². The minimum Gasteiger partial charge on any atom is -0.334 e. The van der Waals surface area contributed by atoms with E-state index in [1.165, 1.54) is 0 Å². The fourth-order valence-electron chi connectivity index (χ4n) is 3.56. The van der Waals surface area contributed by atoms with E-state index in [-0.39, 0.29) is 36.1 Å². The van der Waals surface area contributed by atoms with Crippen molar-refractivity contribution in [1.29, 1.82) is 0 Å². The summed E-state index contributed by atoms with van der Waals surface area (Å²) < 4.78 is 0. The van der Waals surface area contributed by atoms with Gasteiger partial charge in [0.2, 0.25) is 11.8 Å². The average molecular weight is 329 g/mol. The summed E-state index contributed by atoms with van der Waals surface area (Å²) in [5.41, 5.74) is 1.64. The topological polar surface area (TPSA) is 78.5 Å². The summed E-state index contributed by atoms with van der Waals surface area (Å²) in [5, 5.41) is 5.47. The Hall–Kier alpha value is -2.21. The average Bonchev–Trinajstić information content (AvgIpc) is 3.14. The van der Waals surface area contributed by atoms with Crippen LogP contribution < -0.4 is 10.6 Å². The van der Waals surface area contributed by atoms with Gasteiger partial charge in [-0.15, -0.1) is 0 Å². The van der Waals surface area contributed by atoms with Gasteiger partial charge in [-0.2, -0.15) is 0 Å². The predicted octanol–water partition coefficient (Wildman–Crippen LogP) is 0.716. The Kier molecular flexibility index (Phi) is 4.94. The van der Waals surface area contributed by atoms with E-state index in [1.54, 1.807) is 0 Å². The Morgan fingerprint density at radius 3 is 2.67 bits per heavy atom. The van der Waals surface area contributed by atoms with E-state index in [9.17, 15) is 14.4 Å². The summed E-state index contributed by atoms with van der Waals surface area (Å²) in [6.45, 7) is 1.62. The number of hydrogen-bond acceptors (Lipinski definition) is 4. The minimum absolute atomic E-state index is 0.0630. The van der Waals surface area contributed by atoms with E-state index in [2.05, 4.69) is 10.6 Å². The van der Waals surface area contributed by atoms with Crippen molar-refractivity contribution in [3.63, 3.8) is 0 Å². The highest BCUT2D eigenvalue weighted by Crippen LogP contribution is 2.21. The van der Waals surface area contributed by atoms with Crippen molar-refractivity contribution in [2.45, 2.75) is 31.7 Å².